The van der Waals surface area contributed by atoms with E-state index in [0.29, 0.717) is 0 Å². The molecule has 0 saturated heterocycles. The van der Waals surface area contributed by atoms with Crippen LogP contribution in [0.3, 0.4) is 0 Å². The zero-order valence-corrected chi connectivity index (χ0v) is 10.9. The highest BCUT2D eigenvalue weighted by molar-refractivity contribution is 4.94. The van der Waals surface area contributed by atoms with Crippen molar-refractivity contribution < 1.29 is 5.11 Å². The Morgan fingerprint density at radius 2 is 2.00 bits per heavy atom. The summed E-state index contributed by atoms with van der Waals surface area (Å²) in [7, 11) is 2.16. The molecule has 0 aromatic carbocycles. The molecule has 16 heavy (non-hydrogen) atoms. The van der Waals surface area contributed by atoms with Crippen LogP contribution in [-0.2, 0) is 0 Å². The van der Waals surface area contributed by atoms with Gasteiger partial charge in [0.15, 0.2) is 0 Å². The highest BCUT2D eigenvalue weighted by Crippen LogP contribution is 2.36. The molecule has 1 aliphatic rings. The summed E-state index contributed by atoms with van der Waals surface area (Å²) >= 11 is 0. The molecule has 0 radical (unpaired) electrons. The molecular weight excluding hydrogens is 200 g/mol. The van der Waals surface area contributed by atoms with Gasteiger partial charge >= 0.3 is 0 Å². The first-order valence-electron chi connectivity index (χ1n) is 6.70. The molecule has 1 fully saturated rings. The second-order valence-electron chi connectivity index (χ2n) is 5.28. The maximum atomic E-state index is 8.89. The van der Waals surface area contributed by atoms with Crippen LogP contribution in [0, 0.1) is 5.92 Å². The quantitative estimate of drug-likeness (QED) is 0.726. The Morgan fingerprint density at radius 3 is 2.44 bits per heavy atom. The molecule has 0 atom stereocenters. The third-order valence-corrected chi connectivity index (χ3v) is 4.45. The summed E-state index contributed by atoms with van der Waals surface area (Å²) in [6.07, 6.45) is 7.25. The largest absolute Gasteiger partial charge is 0.396 e. The van der Waals surface area contributed by atoms with Crippen molar-refractivity contribution in [1.29, 1.82) is 0 Å². The van der Waals surface area contributed by atoms with Crippen LogP contribution in [0.25, 0.3) is 0 Å². The van der Waals surface area contributed by atoms with Crippen LogP contribution in [0.2, 0.25) is 0 Å². The minimum Gasteiger partial charge on any atom is -0.396 e. The van der Waals surface area contributed by atoms with Crippen molar-refractivity contribution in [1.82, 2.24) is 4.90 Å². The summed E-state index contributed by atoms with van der Waals surface area (Å²) in [5.41, 5.74) is 6.20. The van der Waals surface area contributed by atoms with Gasteiger partial charge in [-0.15, -0.1) is 0 Å². The smallest absolute Gasteiger partial charge is 0.0443 e. The van der Waals surface area contributed by atoms with Crippen LogP contribution in [0.1, 0.15) is 45.4 Å². The highest BCUT2D eigenvalue weighted by atomic mass is 16.3. The third-order valence-electron chi connectivity index (χ3n) is 4.45. The van der Waals surface area contributed by atoms with E-state index in [9.17, 15) is 0 Å². The molecule has 3 nitrogen and oxygen atoms in total. The lowest BCUT2D eigenvalue weighted by Crippen LogP contribution is -2.54. The number of rotatable bonds is 6. The Hall–Kier alpha value is -0.120. The van der Waals surface area contributed by atoms with Crippen molar-refractivity contribution in [3.8, 4) is 0 Å². The zero-order chi connectivity index (χ0) is 12.0. The summed E-state index contributed by atoms with van der Waals surface area (Å²) in [5.74, 6) is 0.908. The first-order valence-corrected chi connectivity index (χ1v) is 6.70. The lowest BCUT2D eigenvalue weighted by atomic mass is 9.74. The summed E-state index contributed by atoms with van der Waals surface area (Å²) in [4.78, 5) is 2.38. The van der Waals surface area contributed by atoms with Crippen molar-refractivity contribution in [3.05, 3.63) is 0 Å². The minimum atomic E-state index is 0.209. The van der Waals surface area contributed by atoms with E-state index in [1.807, 2.05) is 0 Å². The lowest BCUT2D eigenvalue weighted by Gasteiger charge is -2.46. The number of hydrogen-bond acceptors (Lipinski definition) is 3. The van der Waals surface area contributed by atoms with E-state index in [2.05, 4.69) is 18.9 Å². The van der Waals surface area contributed by atoms with Gasteiger partial charge in [-0.3, -0.25) is 4.90 Å². The second-order valence-corrected chi connectivity index (χ2v) is 5.28. The normalized spacial score (nSPS) is 30.9. The van der Waals surface area contributed by atoms with Crippen molar-refractivity contribution in [2.45, 2.75) is 51.0 Å². The molecule has 1 aliphatic carbocycles. The summed E-state index contributed by atoms with van der Waals surface area (Å²) in [6.45, 7) is 4.29. The van der Waals surface area contributed by atoms with Gasteiger partial charge in [-0.25, -0.2) is 0 Å². The molecule has 0 amide bonds. The molecule has 0 aromatic rings. The number of aliphatic hydroxyl groups is 1. The fourth-order valence-electron chi connectivity index (χ4n) is 2.91. The van der Waals surface area contributed by atoms with Crippen LogP contribution in [0.4, 0.5) is 0 Å². The molecule has 0 unspecified atom stereocenters. The lowest BCUT2D eigenvalue weighted by molar-refractivity contribution is 0.0590. The van der Waals surface area contributed by atoms with Crippen LogP contribution in [-0.4, -0.2) is 42.3 Å². The van der Waals surface area contributed by atoms with Gasteiger partial charge in [0, 0.05) is 25.2 Å². The maximum absolute atomic E-state index is 8.89. The minimum absolute atomic E-state index is 0.209. The van der Waals surface area contributed by atoms with Crippen molar-refractivity contribution in [3.63, 3.8) is 0 Å². The Bertz CT molecular complexity index is 188. The maximum Gasteiger partial charge on any atom is 0.0443 e. The molecule has 3 heteroatoms. The van der Waals surface area contributed by atoms with Crippen LogP contribution >= 0.6 is 0 Å². The topological polar surface area (TPSA) is 49.5 Å². The first kappa shape index (κ1) is 13.9. The van der Waals surface area contributed by atoms with Gasteiger partial charge in [-0.05, 0) is 45.1 Å². The molecule has 3 N–H and O–H groups in total. The Kier molecular flexibility index (Phi) is 5.73. The Balaban J connectivity index is 2.51. The van der Waals surface area contributed by atoms with Crippen molar-refractivity contribution in [2.24, 2.45) is 11.7 Å². The van der Waals surface area contributed by atoms with Crippen molar-refractivity contribution in [2.75, 3.05) is 26.7 Å². The van der Waals surface area contributed by atoms with E-state index in [1.165, 1.54) is 32.1 Å². The van der Waals surface area contributed by atoms with E-state index in [-0.39, 0.29) is 12.1 Å². The average molecular weight is 228 g/mol. The zero-order valence-electron chi connectivity index (χ0n) is 10.9. The Labute approximate surface area is 100 Å². The van der Waals surface area contributed by atoms with Gasteiger partial charge in [0.2, 0.25) is 0 Å². The molecule has 96 valence electrons. The summed E-state index contributed by atoms with van der Waals surface area (Å²) < 4.78 is 0. The number of nitrogens with zero attached hydrogens (tertiary/aromatic N) is 1. The van der Waals surface area contributed by atoms with Gasteiger partial charge in [0.05, 0.1) is 0 Å². The second kappa shape index (κ2) is 6.58. The van der Waals surface area contributed by atoms with Crippen LogP contribution < -0.4 is 5.73 Å². The predicted octanol–water partition coefficient (Wildman–Crippen LogP) is 1.60. The van der Waals surface area contributed by atoms with Gasteiger partial charge < -0.3 is 10.8 Å². The van der Waals surface area contributed by atoms with Gasteiger partial charge in [0.25, 0.3) is 0 Å². The molecular formula is C13H28N2O. The van der Waals surface area contributed by atoms with Crippen LogP contribution in [0.15, 0.2) is 0 Å². The van der Waals surface area contributed by atoms with Gasteiger partial charge in [-0.1, -0.05) is 13.3 Å². The SMILES string of the molecule is CCC1CCC(CN)(N(C)CCCO)CC1. The fourth-order valence-corrected chi connectivity index (χ4v) is 2.91. The molecule has 0 aliphatic heterocycles. The van der Waals surface area contributed by atoms with E-state index in [1.54, 1.807) is 0 Å². The van der Waals surface area contributed by atoms with E-state index in [0.717, 1.165) is 25.4 Å². The fraction of sp³-hybridized carbons (Fsp3) is 1.00. The van der Waals surface area contributed by atoms with Gasteiger partial charge in [0.1, 0.15) is 0 Å². The Morgan fingerprint density at radius 1 is 1.38 bits per heavy atom. The summed E-state index contributed by atoms with van der Waals surface area (Å²) in [6, 6.07) is 0. The summed E-state index contributed by atoms with van der Waals surface area (Å²) in [5, 5.41) is 8.89. The molecule has 0 bridgehead atoms. The van der Waals surface area contributed by atoms with Crippen LogP contribution in [0.5, 0.6) is 0 Å². The number of hydrogen-bond donors (Lipinski definition) is 2. The number of nitrogens with two attached hydrogens (primary N) is 1. The van der Waals surface area contributed by atoms with E-state index in [4.69, 9.17) is 10.8 Å². The molecule has 1 saturated carbocycles. The number of likely N-dealkylation sites (N-methyl/N-ethyl adjacent to an activating group) is 1. The average Bonchev–Trinajstić information content (AvgIpc) is 2.35. The highest BCUT2D eigenvalue weighted by Gasteiger charge is 2.36. The van der Waals surface area contributed by atoms with Gasteiger partial charge in [-0.2, -0.15) is 0 Å². The van der Waals surface area contributed by atoms with Crippen molar-refractivity contribution >= 4 is 0 Å². The monoisotopic (exact) mass is 228 g/mol. The van der Waals surface area contributed by atoms with E-state index >= 15 is 0 Å². The first-order chi connectivity index (χ1) is 7.68. The molecule has 1 rings (SSSR count). The third kappa shape index (κ3) is 3.19. The standard InChI is InChI=1S/C13H28N2O/c1-3-12-5-7-13(11-14,8-6-12)15(2)9-4-10-16/h12,16H,3-11,14H2,1-2H3. The molecule has 0 aromatic heterocycles. The molecule has 0 heterocycles. The molecule has 0 spiro atoms. The van der Waals surface area contributed by atoms with E-state index < -0.39 is 0 Å². The predicted molar refractivity (Wildman–Crippen MR) is 68.4 cm³/mol. The number of aliphatic hydroxyl groups excluding tert-OH is 1.